The molecule has 0 aliphatic carbocycles. The van der Waals surface area contributed by atoms with E-state index in [1.807, 2.05) is 6.92 Å². The molecule has 0 bridgehead atoms. The van der Waals surface area contributed by atoms with Crippen LogP contribution in [0.5, 0.6) is 0 Å². The largest absolute Gasteiger partial charge is 0.313 e. The molecule has 0 amide bonds. The molecule has 10 heteroatoms. The van der Waals surface area contributed by atoms with E-state index in [1.165, 1.54) is 10.5 Å². The summed E-state index contributed by atoms with van der Waals surface area (Å²) in [5, 5.41) is 9.41. The highest BCUT2D eigenvalue weighted by molar-refractivity contribution is 7.92. The normalized spacial score (nSPS) is 23.2. The molecule has 0 radical (unpaired) electrons. The molecule has 1 aromatic rings. The van der Waals surface area contributed by atoms with Crippen molar-refractivity contribution < 1.29 is 16.8 Å². The maximum atomic E-state index is 12.7. The van der Waals surface area contributed by atoms with Crippen LogP contribution in [0.15, 0.2) is 11.2 Å². The maximum absolute atomic E-state index is 12.7. The minimum atomic E-state index is -3.77. The second-order valence-electron chi connectivity index (χ2n) is 5.08. The quantitative estimate of drug-likeness (QED) is 0.737. The maximum Gasteiger partial charge on any atom is 0.260 e. The number of nitrogens with zero attached hydrogens (tertiary/aromatic N) is 2. The number of sulfonamides is 1. The molecule has 2 rings (SSSR count). The Labute approximate surface area is 124 Å². The first-order valence-electron chi connectivity index (χ1n) is 6.73. The fourth-order valence-electron chi connectivity index (χ4n) is 2.37. The third-order valence-corrected chi connectivity index (χ3v) is 7.24. The van der Waals surface area contributed by atoms with E-state index in [9.17, 15) is 16.8 Å². The summed E-state index contributed by atoms with van der Waals surface area (Å²) < 4.78 is 49.8. The second kappa shape index (κ2) is 6.03. The lowest BCUT2D eigenvalue weighted by molar-refractivity contribution is 0.355. The van der Waals surface area contributed by atoms with Crippen molar-refractivity contribution in [3.63, 3.8) is 0 Å². The van der Waals surface area contributed by atoms with Gasteiger partial charge < -0.3 is 5.32 Å². The van der Waals surface area contributed by atoms with Gasteiger partial charge in [0.05, 0.1) is 17.7 Å². The van der Waals surface area contributed by atoms with Crippen LogP contribution in [0, 0.1) is 0 Å². The average molecular weight is 336 g/mol. The highest BCUT2D eigenvalue weighted by Gasteiger charge is 2.38. The molecule has 1 fully saturated rings. The Bertz CT molecular complexity index is 696. The Balaban J connectivity index is 2.28. The fourth-order valence-corrected chi connectivity index (χ4v) is 5.87. The van der Waals surface area contributed by atoms with E-state index < -0.39 is 25.9 Å². The van der Waals surface area contributed by atoms with Crippen molar-refractivity contribution in [2.75, 3.05) is 24.6 Å². The van der Waals surface area contributed by atoms with Crippen LogP contribution < -0.4 is 5.32 Å². The highest BCUT2D eigenvalue weighted by Crippen LogP contribution is 2.23. The van der Waals surface area contributed by atoms with Crippen LogP contribution in [-0.4, -0.2) is 62.0 Å². The van der Waals surface area contributed by atoms with Crippen molar-refractivity contribution in [2.45, 2.75) is 31.5 Å². The van der Waals surface area contributed by atoms with Crippen LogP contribution in [0.25, 0.3) is 0 Å². The van der Waals surface area contributed by atoms with E-state index in [2.05, 4.69) is 15.5 Å². The van der Waals surface area contributed by atoms with E-state index in [1.54, 1.807) is 6.92 Å². The summed E-state index contributed by atoms with van der Waals surface area (Å²) in [5.41, 5.74) is 0.553. The van der Waals surface area contributed by atoms with Gasteiger partial charge in [-0.15, -0.1) is 0 Å². The van der Waals surface area contributed by atoms with Gasteiger partial charge in [0.2, 0.25) is 0 Å². The highest BCUT2D eigenvalue weighted by atomic mass is 32.2. The molecule has 1 unspecified atom stereocenters. The van der Waals surface area contributed by atoms with Crippen molar-refractivity contribution in [1.29, 1.82) is 0 Å². The summed E-state index contributed by atoms with van der Waals surface area (Å²) in [7, 11) is -6.93. The van der Waals surface area contributed by atoms with E-state index in [0.717, 1.165) is 0 Å². The first-order chi connectivity index (χ1) is 9.78. The monoisotopic (exact) mass is 336 g/mol. The number of rotatable bonds is 5. The zero-order valence-corrected chi connectivity index (χ0v) is 13.7. The molecular formula is C11H20N4O4S2. The van der Waals surface area contributed by atoms with E-state index in [4.69, 9.17) is 0 Å². The molecule has 2 N–H and O–H groups in total. The van der Waals surface area contributed by atoms with E-state index in [0.29, 0.717) is 18.7 Å². The summed E-state index contributed by atoms with van der Waals surface area (Å²) in [6.07, 6.45) is 1.47. The Hall–Kier alpha value is -0.970. The Morgan fingerprint density at radius 2 is 2.24 bits per heavy atom. The van der Waals surface area contributed by atoms with Crippen molar-refractivity contribution in [3.05, 3.63) is 11.8 Å². The Morgan fingerprint density at radius 3 is 2.86 bits per heavy atom. The predicted octanol–water partition coefficient (Wildman–Crippen LogP) is -0.673. The van der Waals surface area contributed by atoms with Crippen molar-refractivity contribution in [2.24, 2.45) is 0 Å². The number of hydrogen-bond donors (Lipinski definition) is 2. The molecule has 1 atom stereocenters. The van der Waals surface area contributed by atoms with Gasteiger partial charge in [-0.05, 0) is 13.5 Å². The van der Waals surface area contributed by atoms with Gasteiger partial charge in [0.25, 0.3) is 10.0 Å². The number of sulfone groups is 1. The first kappa shape index (κ1) is 16.4. The number of nitrogens with one attached hydrogen (secondary N) is 2. The van der Waals surface area contributed by atoms with Crippen molar-refractivity contribution in [3.8, 4) is 0 Å². The summed E-state index contributed by atoms with van der Waals surface area (Å²) in [6.45, 7) is 4.61. The lowest BCUT2D eigenvalue weighted by atomic mass is 10.3. The zero-order chi connectivity index (χ0) is 15.7. The van der Waals surface area contributed by atoms with Crippen LogP contribution in [-0.2, 0) is 26.4 Å². The van der Waals surface area contributed by atoms with Gasteiger partial charge >= 0.3 is 0 Å². The van der Waals surface area contributed by atoms with Gasteiger partial charge in [-0.3, -0.25) is 5.10 Å². The van der Waals surface area contributed by atoms with Gasteiger partial charge in [0.1, 0.15) is 0 Å². The van der Waals surface area contributed by atoms with Crippen LogP contribution >= 0.6 is 0 Å². The van der Waals surface area contributed by atoms with Gasteiger partial charge in [0.15, 0.2) is 14.9 Å². The molecule has 21 heavy (non-hydrogen) atoms. The van der Waals surface area contributed by atoms with E-state index in [-0.39, 0.29) is 23.1 Å². The van der Waals surface area contributed by atoms with Gasteiger partial charge in [-0.2, -0.15) is 9.40 Å². The molecular weight excluding hydrogens is 316 g/mol. The second-order valence-corrected chi connectivity index (χ2v) is 9.14. The lowest BCUT2D eigenvalue weighted by Gasteiger charge is -2.31. The molecule has 8 nitrogen and oxygen atoms in total. The third-order valence-electron chi connectivity index (χ3n) is 3.42. The molecule has 1 aliphatic rings. The third kappa shape index (κ3) is 3.44. The fraction of sp³-hybridized carbons (Fsp3) is 0.727. The Morgan fingerprint density at radius 1 is 1.52 bits per heavy atom. The molecule has 1 saturated heterocycles. The van der Waals surface area contributed by atoms with Crippen molar-refractivity contribution in [1.82, 2.24) is 19.8 Å². The first-order valence-corrected chi connectivity index (χ1v) is 9.99. The van der Waals surface area contributed by atoms with E-state index >= 15 is 0 Å². The van der Waals surface area contributed by atoms with Gasteiger partial charge in [-0.25, -0.2) is 16.8 Å². The molecule has 0 spiro atoms. The van der Waals surface area contributed by atoms with Gasteiger partial charge in [-0.1, -0.05) is 6.92 Å². The number of hydrogen-bond acceptors (Lipinski definition) is 6. The minimum absolute atomic E-state index is 0.0223. The van der Waals surface area contributed by atoms with Gasteiger partial charge in [0, 0.05) is 24.7 Å². The summed E-state index contributed by atoms with van der Waals surface area (Å²) in [5.74, 6) is -0.295. The standard InChI is InChI=1S/C11H20N4O4S2/c1-3-12-6-10-7-13-14-11(10)21(18,19)15-4-5-20(16,17)8-9(15)2/h7,9,12H,3-6,8H2,1-2H3,(H,13,14). The van der Waals surface area contributed by atoms with Crippen LogP contribution in [0.2, 0.25) is 0 Å². The van der Waals surface area contributed by atoms with Crippen LogP contribution in [0.1, 0.15) is 19.4 Å². The number of aromatic nitrogens is 2. The summed E-state index contributed by atoms with van der Waals surface area (Å²) in [4.78, 5) is 0. The molecule has 1 aliphatic heterocycles. The van der Waals surface area contributed by atoms with Crippen LogP contribution in [0.4, 0.5) is 0 Å². The molecule has 120 valence electrons. The zero-order valence-electron chi connectivity index (χ0n) is 12.0. The smallest absolute Gasteiger partial charge is 0.260 e. The topological polar surface area (TPSA) is 112 Å². The summed E-state index contributed by atoms with van der Waals surface area (Å²) in [6, 6.07) is -0.580. The van der Waals surface area contributed by atoms with Crippen molar-refractivity contribution >= 4 is 19.9 Å². The predicted molar refractivity (Wildman–Crippen MR) is 78.0 cm³/mol. The molecule has 2 heterocycles. The number of aromatic amines is 1. The SMILES string of the molecule is CCNCc1cn[nH]c1S(=O)(=O)N1CCS(=O)(=O)CC1C. The average Bonchev–Trinajstić information content (AvgIpc) is 2.83. The Kier molecular flexibility index (Phi) is 4.71. The lowest BCUT2D eigenvalue weighted by Crippen LogP contribution is -2.49. The number of H-pyrrole nitrogens is 1. The molecule has 0 saturated carbocycles. The minimum Gasteiger partial charge on any atom is -0.313 e. The molecule has 0 aromatic carbocycles. The molecule has 1 aromatic heterocycles. The van der Waals surface area contributed by atoms with Crippen LogP contribution in [0.3, 0.4) is 0 Å². The summed E-state index contributed by atoms with van der Waals surface area (Å²) >= 11 is 0.